The number of fused-ring (bicyclic) bond motifs is 1. The molecule has 0 fully saturated rings. The quantitative estimate of drug-likeness (QED) is 0.520. The van der Waals surface area contributed by atoms with Gasteiger partial charge in [-0.1, -0.05) is 25.1 Å². The summed E-state index contributed by atoms with van der Waals surface area (Å²) in [4.78, 5) is 3.15. The summed E-state index contributed by atoms with van der Waals surface area (Å²) >= 11 is 1.65. The molecule has 1 atom stereocenters. The smallest absolute Gasteiger partial charge is 0.197 e. The molecule has 0 radical (unpaired) electrons. The normalized spacial score (nSPS) is 12.7. The van der Waals surface area contributed by atoms with E-state index in [-0.39, 0.29) is 11.8 Å². The van der Waals surface area contributed by atoms with Gasteiger partial charge in [0.15, 0.2) is 11.5 Å². The molecule has 0 aliphatic rings. The van der Waals surface area contributed by atoms with Crippen molar-refractivity contribution in [3.63, 3.8) is 0 Å². The van der Waals surface area contributed by atoms with Crippen molar-refractivity contribution >= 4 is 27.2 Å². The Morgan fingerprint density at radius 1 is 1.14 bits per heavy atom. The standard InChI is InChI=1S/C21H22N4O2S/c1-4-15-16-11-13(19(25(2)3)12-6-5-7-14(26)10-12)8-9-17(16)28-20(15)18-21(22)24-27-23-18/h5-11,19,26H,4H2,1-3H3,(H2,22,24). The van der Waals surface area contributed by atoms with E-state index in [0.29, 0.717) is 11.5 Å². The van der Waals surface area contributed by atoms with E-state index >= 15 is 0 Å². The first-order valence-electron chi connectivity index (χ1n) is 9.08. The zero-order chi connectivity index (χ0) is 19.8. The molecule has 7 heteroatoms. The largest absolute Gasteiger partial charge is 0.508 e. The van der Waals surface area contributed by atoms with Crippen molar-refractivity contribution < 1.29 is 9.74 Å². The number of phenolic OH excluding ortho intramolecular Hbond substituents is 1. The van der Waals surface area contributed by atoms with Crippen LogP contribution < -0.4 is 5.73 Å². The number of nitrogens with zero attached hydrogens (tertiary/aromatic N) is 3. The molecule has 6 nitrogen and oxygen atoms in total. The molecule has 4 rings (SSSR count). The van der Waals surface area contributed by atoms with E-state index in [4.69, 9.17) is 10.4 Å². The van der Waals surface area contributed by atoms with Gasteiger partial charge in [0.1, 0.15) is 5.75 Å². The summed E-state index contributed by atoms with van der Waals surface area (Å²) in [5, 5.41) is 18.8. The van der Waals surface area contributed by atoms with Gasteiger partial charge in [-0.15, -0.1) is 11.3 Å². The number of phenols is 1. The van der Waals surface area contributed by atoms with E-state index in [1.807, 2.05) is 32.3 Å². The molecule has 1 unspecified atom stereocenters. The third kappa shape index (κ3) is 3.12. The number of benzene rings is 2. The van der Waals surface area contributed by atoms with Gasteiger partial charge in [-0.25, -0.2) is 4.63 Å². The van der Waals surface area contributed by atoms with Crippen molar-refractivity contribution in [2.75, 3.05) is 19.8 Å². The zero-order valence-corrected chi connectivity index (χ0v) is 16.8. The predicted octanol–water partition coefficient (Wildman–Crippen LogP) is 4.45. The number of aromatic hydroxyl groups is 1. The van der Waals surface area contributed by atoms with Gasteiger partial charge >= 0.3 is 0 Å². The van der Waals surface area contributed by atoms with Crippen molar-refractivity contribution in [2.45, 2.75) is 19.4 Å². The number of aryl methyl sites for hydroxylation is 1. The fourth-order valence-electron chi connectivity index (χ4n) is 3.72. The van der Waals surface area contributed by atoms with Gasteiger partial charge in [-0.2, -0.15) is 0 Å². The maximum absolute atomic E-state index is 9.93. The number of anilines is 1. The first-order valence-corrected chi connectivity index (χ1v) is 9.90. The molecule has 0 amide bonds. The van der Waals surface area contributed by atoms with Gasteiger partial charge in [-0.3, -0.25) is 4.90 Å². The molecule has 4 aromatic rings. The SMILES string of the molecule is CCc1c(-c2nonc2N)sc2ccc(C(c3cccc(O)c3)N(C)C)cc12. The second-order valence-corrected chi connectivity index (χ2v) is 8.03. The third-order valence-corrected chi connectivity index (χ3v) is 6.14. The first kappa shape index (κ1) is 18.5. The highest BCUT2D eigenvalue weighted by Gasteiger charge is 2.22. The average molecular weight is 395 g/mol. The topological polar surface area (TPSA) is 88.4 Å². The van der Waals surface area contributed by atoms with E-state index < -0.39 is 0 Å². The minimum absolute atomic E-state index is 0.0309. The number of hydrogen-bond acceptors (Lipinski definition) is 7. The Hall–Kier alpha value is -2.90. The van der Waals surface area contributed by atoms with E-state index in [1.54, 1.807) is 17.4 Å². The van der Waals surface area contributed by atoms with E-state index in [9.17, 15) is 5.11 Å². The molecule has 0 bridgehead atoms. The Balaban J connectivity index is 1.88. The van der Waals surface area contributed by atoms with Crippen molar-refractivity contribution in [3.05, 3.63) is 59.2 Å². The number of nitrogens with two attached hydrogens (primary N) is 1. The number of aromatic nitrogens is 2. The summed E-state index contributed by atoms with van der Waals surface area (Å²) in [6.45, 7) is 2.13. The molecular weight excluding hydrogens is 372 g/mol. The number of thiophene rings is 1. The number of hydrogen-bond donors (Lipinski definition) is 2. The molecule has 0 saturated heterocycles. The van der Waals surface area contributed by atoms with Crippen LogP contribution in [0.4, 0.5) is 5.82 Å². The molecule has 2 aromatic carbocycles. The van der Waals surface area contributed by atoms with E-state index in [1.165, 1.54) is 15.6 Å². The average Bonchev–Trinajstić information content (AvgIpc) is 3.24. The third-order valence-electron chi connectivity index (χ3n) is 4.92. The predicted molar refractivity (Wildman–Crippen MR) is 113 cm³/mol. The van der Waals surface area contributed by atoms with Gasteiger partial charge in [0.25, 0.3) is 0 Å². The molecule has 3 N–H and O–H groups in total. The van der Waals surface area contributed by atoms with Crippen molar-refractivity contribution in [3.8, 4) is 16.3 Å². The van der Waals surface area contributed by atoms with Crippen LogP contribution in [0.3, 0.4) is 0 Å². The fourth-order valence-corrected chi connectivity index (χ4v) is 4.98. The maximum atomic E-state index is 9.93. The van der Waals surface area contributed by atoms with Crippen LogP contribution in [0.5, 0.6) is 5.75 Å². The lowest BCUT2D eigenvalue weighted by atomic mass is 9.95. The number of nitrogen functional groups attached to an aromatic ring is 1. The van der Waals surface area contributed by atoms with Gasteiger partial charge in [0.05, 0.1) is 10.9 Å². The van der Waals surface area contributed by atoms with Crippen LogP contribution in [0.25, 0.3) is 20.7 Å². The van der Waals surface area contributed by atoms with Gasteiger partial charge in [0.2, 0.25) is 0 Å². The second-order valence-electron chi connectivity index (χ2n) is 6.98. The molecule has 0 aliphatic heterocycles. The van der Waals surface area contributed by atoms with Gasteiger partial charge in [0, 0.05) is 4.70 Å². The Bertz CT molecular complexity index is 1130. The van der Waals surface area contributed by atoms with Crippen LogP contribution in [-0.2, 0) is 6.42 Å². The minimum atomic E-state index is 0.0309. The summed E-state index contributed by atoms with van der Waals surface area (Å²) in [7, 11) is 4.08. The van der Waals surface area contributed by atoms with Crippen molar-refractivity contribution in [1.29, 1.82) is 0 Å². The first-order chi connectivity index (χ1) is 13.5. The molecule has 28 heavy (non-hydrogen) atoms. The van der Waals surface area contributed by atoms with E-state index in [0.717, 1.165) is 22.4 Å². The summed E-state index contributed by atoms with van der Waals surface area (Å²) in [5.41, 5.74) is 9.94. The second kappa shape index (κ2) is 7.26. The highest BCUT2D eigenvalue weighted by Crippen LogP contribution is 2.41. The van der Waals surface area contributed by atoms with Crippen LogP contribution >= 0.6 is 11.3 Å². The van der Waals surface area contributed by atoms with Crippen molar-refractivity contribution in [1.82, 2.24) is 15.2 Å². The molecule has 0 aliphatic carbocycles. The van der Waals surface area contributed by atoms with Gasteiger partial charge < -0.3 is 10.8 Å². The van der Waals surface area contributed by atoms with Crippen LogP contribution in [0.15, 0.2) is 47.1 Å². The maximum Gasteiger partial charge on any atom is 0.197 e. The Morgan fingerprint density at radius 3 is 2.57 bits per heavy atom. The molecule has 0 spiro atoms. The molecule has 144 valence electrons. The van der Waals surface area contributed by atoms with Crippen LogP contribution in [-0.4, -0.2) is 34.4 Å². The van der Waals surface area contributed by atoms with Crippen molar-refractivity contribution in [2.24, 2.45) is 0 Å². The van der Waals surface area contributed by atoms with E-state index in [2.05, 4.69) is 40.3 Å². The Morgan fingerprint density at radius 2 is 1.93 bits per heavy atom. The summed E-state index contributed by atoms with van der Waals surface area (Å²) in [5.74, 6) is 0.582. The lowest BCUT2D eigenvalue weighted by Crippen LogP contribution is -2.21. The summed E-state index contributed by atoms with van der Waals surface area (Å²) < 4.78 is 5.98. The Labute approximate surface area is 167 Å². The summed E-state index contributed by atoms with van der Waals surface area (Å²) in [6, 6.07) is 14.0. The summed E-state index contributed by atoms with van der Waals surface area (Å²) in [6.07, 6.45) is 0.851. The lowest BCUT2D eigenvalue weighted by Gasteiger charge is -2.25. The van der Waals surface area contributed by atoms with Crippen LogP contribution in [0.2, 0.25) is 0 Å². The zero-order valence-electron chi connectivity index (χ0n) is 16.0. The lowest BCUT2D eigenvalue weighted by molar-refractivity contribution is 0.310. The number of rotatable bonds is 5. The van der Waals surface area contributed by atoms with Crippen LogP contribution in [0.1, 0.15) is 29.7 Å². The Kier molecular flexibility index (Phi) is 4.78. The highest BCUT2D eigenvalue weighted by molar-refractivity contribution is 7.22. The minimum Gasteiger partial charge on any atom is -0.508 e. The highest BCUT2D eigenvalue weighted by atomic mass is 32.1. The van der Waals surface area contributed by atoms with Crippen LogP contribution in [0, 0.1) is 0 Å². The molecular formula is C21H22N4O2S. The monoisotopic (exact) mass is 394 g/mol. The molecule has 0 saturated carbocycles. The fraction of sp³-hybridized carbons (Fsp3) is 0.238. The van der Waals surface area contributed by atoms with Gasteiger partial charge in [-0.05, 0) is 77.2 Å². The molecule has 2 heterocycles. The molecule has 2 aromatic heterocycles.